The van der Waals surface area contributed by atoms with E-state index in [9.17, 15) is 0 Å². The van der Waals surface area contributed by atoms with E-state index in [1.807, 2.05) is 12.1 Å². The maximum Gasteiger partial charge on any atom is 0.198 e. The Hall–Kier alpha value is -1.25. The highest BCUT2D eigenvalue weighted by Crippen LogP contribution is 2.40. The summed E-state index contributed by atoms with van der Waals surface area (Å²) in [6.07, 6.45) is 5.44. The Bertz CT molecular complexity index is 545. The summed E-state index contributed by atoms with van der Waals surface area (Å²) in [5.74, 6) is 0.665. The lowest BCUT2D eigenvalue weighted by atomic mass is 9.77. The summed E-state index contributed by atoms with van der Waals surface area (Å²) in [6.45, 7) is 0. The average molecular weight is 262 g/mol. The van der Waals surface area contributed by atoms with Gasteiger partial charge in [-0.3, -0.25) is 0 Å². The second-order valence-electron chi connectivity index (χ2n) is 4.88. The Morgan fingerprint density at radius 1 is 1.17 bits per heavy atom. The molecule has 94 valence electrons. The molecule has 1 heterocycles. The molecule has 1 fully saturated rings. The summed E-state index contributed by atoms with van der Waals surface area (Å²) in [7, 11) is 0. The van der Waals surface area contributed by atoms with Crippen molar-refractivity contribution in [1.29, 1.82) is 0 Å². The predicted octanol–water partition coefficient (Wildman–Crippen LogP) is 4.25. The van der Waals surface area contributed by atoms with Gasteiger partial charge in [-0.1, -0.05) is 30.7 Å². The van der Waals surface area contributed by atoms with Gasteiger partial charge in [-0.2, -0.15) is 0 Å². The summed E-state index contributed by atoms with van der Waals surface area (Å²) in [5, 5.41) is 0.394. The molecular formula is C15H16ClNO. The van der Waals surface area contributed by atoms with Gasteiger partial charge in [0.15, 0.2) is 5.22 Å². The van der Waals surface area contributed by atoms with Crippen molar-refractivity contribution >= 4 is 11.6 Å². The smallest absolute Gasteiger partial charge is 0.198 e. The van der Waals surface area contributed by atoms with Gasteiger partial charge in [-0.15, -0.1) is 0 Å². The van der Waals surface area contributed by atoms with Crippen LogP contribution in [0.1, 0.15) is 47.9 Å². The maximum absolute atomic E-state index is 6.33. The average Bonchev–Trinajstić information content (AvgIpc) is 2.73. The van der Waals surface area contributed by atoms with Crippen molar-refractivity contribution in [2.75, 3.05) is 0 Å². The van der Waals surface area contributed by atoms with Crippen LogP contribution in [0.4, 0.5) is 0 Å². The minimum absolute atomic E-state index is 0.201. The van der Waals surface area contributed by atoms with E-state index < -0.39 is 0 Å². The minimum Gasteiger partial charge on any atom is -0.453 e. The van der Waals surface area contributed by atoms with Gasteiger partial charge in [0.1, 0.15) is 0 Å². The zero-order valence-corrected chi connectivity index (χ0v) is 10.9. The quantitative estimate of drug-likeness (QED) is 0.897. The summed E-state index contributed by atoms with van der Waals surface area (Å²) in [5.41, 5.74) is 9.74. The summed E-state index contributed by atoms with van der Waals surface area (Å²) in [4.78, 5) is 0. The third kappa shape index (κ3) is 1.96. The minimum atomic E-state index is -0.201. The van der Waals surface area contributed by atoms with Gasteiger partial charge in [0.2, 0.25) is 0 Å². The van der Waals surface area contributed by atoms with Crippen molar-refractivity contribution in [3.8, 4) is 0 Å². The van der Waals surface area contributed by atoms with Crippen LogP contribution in [0.25, 0.3) is 0 Å². The van der Waals surface area contributed by atoms with Gasteiger partial charge in [0.05, 0.1) is 12.3 Å². The number of furan rings is 1. The van der Waals surface area contributed by atoms with Gasteiger partial charge >= 0.3 is 0 Å². The zero-order chi connectivity index (χ0) is 12.5. The van der Waals surface area contributed by atoms with Crippen molar-refractivity contribution in [3.63, 3.8) is 0 Å². The van der Waals surface area contributed by atoms with Crippen LogP contribution in [-0.2, 0) is 0 Å². The molecule has 3 heteroatoms. The van der Waals surface area contributed by atoms with E-state index >= 15 is 0 Å². The zero-order valence-electron chi connectivity index (χ0n) is 10.1. The first kappa shape index (κ1) is 11.8. The fraction of sp³-hybridized carbons (Fsp3) is 0.333. The molecule has 1 unspecified atom stereocenters. The second-order valence-corrected chi connectivity index (χ2v) is 5.23. The first-order valence-corrected chi connectivity index (χ1v) is 6.72. The number of nitrogens with two attached hydrogens (primary N) is 1. The molecule has 0 radical (unpaired) electrons. The van der Waals surface area contributed by atoms with Gasteiger partial charge in [-0.05, 0) is 47.6 Å². The Balaban J connectivity index is 1.98. The Kier molecular flexibility index (Phi) is 3.14. The summed E-state index contributed by atoms with van der Waals surface area (Å²) >= 11 is 6.02. The molecule has 0 amide bonds. The molecule has 1 aliphatic carbocycles. The highest BCUT2D eigenvalue weighted by Gasteiger charge is 2.25. The van der Waals surface area contributed by atoms with Crippen LogP contribution in [-0.4, -0.2) is 0 Å². The lowest BCUT2D eigenvalue weighted by molar-refractivity contribution is 0.416. The molecule has 1 saturated carbocycles. The van der Waals surface area contributed by atoms with Gasteiger partial charge in [-0.25, -0.2) is 0 Å². The molecule has 1 atom stereocenters. The standard InChI is InChI=1S/C15H16ClNO/c16-15-13(8-9-18-15)14(17)12-7-2-1-6-11(12)10-4-3-5-10/h1-2,6-10,14H,3-5,17H2. The van der Waals surface area contributed by atoms with Crippen molar-refractivity contribution < 1.29 is 4.42 Å². The molecule has 0 bridgehead atoms. The van der Waals surface area contributed by atoms with E-state index in [0.717, 1.165) is 5.56 Å². The van der Waals surface area contributed by atoms with Gasteiger partial charge in [0.25, 0.3) is 0 Å². The third-order valence-corrected chi connectivity index (χ3v) is 4.16. The van der Waals surface area contributed by atoms with Crippen LogP contribution in [0.5, 0.6) is 0 Å². The number of halogens is 1. The first-order chi connectivity index (χ1) is 8.77. The van der Waals surface area contributed by atoms with E-state index in [1.165, 1.54) is 30.4 Å². The summed E-state index contributed by atoms with van der Waals surface area (Å²) < 4.78 is 5.13. The second kappa shape index (κ2) is 4.79. The largest absolute Gasteiger partial charge is 0.453 e. The molecule has 2 nitrogen and oxygen atoms in total. The highest BCUT2D eigenvalue weighted by atomic mass is 35.5. The van der Waals surface area contributed by atoms with Crippen molar-refractivity contribution in [2.24, 2.45) is 5.73 Å². The van der Waals surface area contributed by atoms with Crippen LogP contribution in [0, 0.1) is 0 Å². The molecule has 1 aromatic heterocycles. The first-order valence-electron chi connectivity index (χ1n) is 6.34. The third-order valence-electron chi connectivity index (χ3n) is 3.86. The highest BCUT2D eigenvalue weighted by molar-refractivity contribution is 6.29. The van der Waals surface area contributed by atoms with E-state index in [4.69, 9.17) is 21.8 Å². The Morgan fingerprint density at radius 3 is 2.56 bits per heavy atom. The van der Waals surface area contributed by atoms with Crippen molar-refractivity contribution in [2.45, 2.75) is 31.2 Å². The Morgan fingerprint density at radius 2 is 1.94 bits per heavy atom. The van der Waals surface area contributed by atoms with E-state index in [1.54, 1.807) is 6.26 Å². The molecule has 1 aromatic carbocycles. The molecule has 0 saturated heterocycles. The Labute approximate surface area is 112 Å². The fourth-order valence-electron chi connectivity index (χ4n) is 2.58. The van der Waals surface area contributed by atoms with E-state index in [-0.39, 0.29) is 6.04 Å². The molecule has 1 aliphatic rings. The fourth-order valence-corrected chi connectivity index (χ4v) is 2.81. The van der Waals surface area contributed by atoms with Crippen LogP contribution >= 0.6 is 11.6 Å². The van der Waals surface area contributed by atoms with Gasteiger partial charge < -0.3 is 10.2 Å². The molecule has 3 rings (SSSR count). The van der Waals surface area contributed by atoms with Crippen molar-refractivity contribution in [1.82, 2.24) is 0 Å². The van der Waals surface area contributed by atoms with E-state index in [2.05, 4.69) is 18.2 Å². The molecule has 2 aromatic rings. The van der Waals surface area contributed by atoms with Crippen molar-refractivity contribution in [3.05, 3.63) is 58.5 Å². The van der Waals surface area contributed by atoms with Gasteiger partial charge in [0, 0.05) is 5.56 Å². The predicted molar refractivity (Wildman–Crippen MR) is 72.8 cm³/mol. The topological polar surface area (TPSA) is 39.2 Å². The number of hydrogen-bond donors (Lipinski definition) is 1. The summed E-state index contributed by atoms with van der Waals surface area (Å²) in [6, 6.07) is 10.1. The molecule has 0 spiro atoms. The molecular weight excluding hydrogens is 246 g/mol. The van der Waals surface area contributed by atoms with Crippen LogP contribution in [0.2, 0.25) is 5.22 Å². The molecule has 2 N–H and O–H groups in total. The molecule has 0 aliphatic heterocycles. The van der Waals surface area contributed by atoms with E-state index in [0.29, 0.717) is 11.1 Å². The lowest BCUT2D eigenvalue weighted by Gasteiger charge is -2.29. The maximum atomic E-state index is 6.33. The monoisotopic (exact) mass is 261 g/mol. The number of benzene rings is 1. The van der Waals surface area contributed by atoms with Crippen LogP contribution in [0.15, 0.2) is 41.0 Å². The molecule has 18 heavy (non-hydrogen) atoms. The normalized spacial score (nSPS) is 17.4. The SMILES string of the molecule is NC(c1ccccc1C1CCC1)c1ccoc1Cl. The van der Waals surface area contributed by atoms with Crippen LogP contribution in [0.3, 0.4) is 0 Å². The lowest BCUT2D eigenvalue weighted by Crippen LogP contribution is -2.18. The number of rotatable bonds is 3. The number of hydrogen-bond acceptors (Lipinski definition) is 2. The van der Waals surface area contributed by atoms with Crippen LogP contribution < -0.4 is 5.73 Å².